The second kappa shape index (κ2) is 7.11. The molecule has 1 N–H and O–H groups in total. The fourth-order valence-corrected chi connectivity index (χ4v) is 2.90. The van der Waals surface area contributed by atoms with Crippen molar-refractivity contribution in [1.29, 1.82) is 0 Å². The number of carbonyl (C=O) groups is 1. The highest BCUT2D eigenvalue weighted by atomic mass is 79.9. The smallest absolute Gasteiger partial charge is 0.409 e. The van der Waals surface area contributed by atoms with Gasteiger partial charge in [-0.05, 0) is 60.3 Å². The molecular weight excluding hydrogens is 339 g/mol. The average molecular weight is 359 g/mol. The largest absolute Gasteiger partial charge is 0.450 e. The Labute approximate surface area is 132 Å². The second-order valence-electron chi connectivity index (χ2n) is 5.19. The van der Waals surface area contributed by atoms with Crippen molar-refractivity contribution in [2.45, 2.75) is 32.7 Å². The van der Waals surface area contributed by atoms with E-state index in [0.29, 0.717) is 24.2 Å². The Morgan fingerprint density at radius 2 is 2.14 bits per heavy atom. The number of benzene rings is 1. The lowest BCUT2D eigenvalue weighted by atomic mass is 10.0. The number of carbonyl (C=O) groups excluding carboxylic acids is 1. The number of nitrogens with zero attached hydrogens (tertiary/aromatic N) is 1. The van der Waals surface area contributed by atoms with Gasteiger partial charge in [-0.3, -0.25) is 0 Å². The molecule has 0 saturated carbocycles. The predicted octanol–water partition coefficient (Wildman–Crippen LogP) is 3.93. The van der Waals surface area contributed by atoms with Crippen molar-refractivity contribution in [1.82, 2.24) is 4.90 Å². The van der Waals surface area contributed by atoms with Gasteiger partial charge in [0.2, 0.25) is 0 Å². The zero-order valence-corrected chi connectivity index (χ0v) is 13.9. The Morgan fingerprint density at radius 1 is 1.48 bits per heavy atom. The van der Waals surface area contributed by atoms with Gasteiger partial charge in [0.15, 0.2) is 0 Å². The number of hydrogen-bond acceptors (Lipinski definition) is 3. The Balaban J connectivity index is 1.92. The molecule has 1 aromatic carbocycles. The van der Waals surface area contributed by atoms with Gasteiger partial charge in [-0.2, -0.15) is 0 Å². The lowest BCUT2D eigenvalue weighted by Gasteiger charge is -2.32. The van der Waals surface area contributed by atoms with Crippen LogP contribution in [-0.2, 0) is 4.74 Å². The van der Waals surface area contributed by atoms with E-state index in [1.807, 2.05) is 6.92 Å². The van der Waals surface area contributed by atoms with Crippen molar-refractivity contribution in [3.63, 3.8) is 0 Å². The van der Waals surface area contributed by atoms with Gasteiger partial charge in [-0.15, -0.1) is 0 Å². The van der Waals surface area contributed by atoms with E-state index < -0.39 is 0 Å². The number of rotatable bonds is 3. The number of nitrogens with one attached hydrogen (secondary N) is 1. The van der Waals surface area contributed by atoms with Crippen LogP contribution in [0.4, 0.5) is 14.9 Å². The summed E-state index contributed by atoms with van der Waals surface area (Å²) in [5.74, 6) is -0.271. The first-order valence-electron chi connectivity index (χ1n) is 7.15. The maximum atomic E-state index is 13.6. The minimum absolute atomic E-state index is 0.245. The summed E-state index contributed by atoms with van der Waals surface area (Å²) in [5, 5.41) is 3.37. The van der Waals surface area contributed by atoms with Gasteiger partial charge in [0.1, 0.15) is 5.82 Å². The fraction of sp³-hybridized carbons (Fsp3) is 0.533. The summed E-state index contributed by atoms with van der Waals surface area (Å²) in [4.78, 5) is 13.3. The van der Waals surface area contributed by atoms with E-state index in [-0.39, 0.29) is 18.0 Å². The quantitative estimate of drug-likeness (QED) is 0.889. The number of aryl methyl sites for hydroxylation is 1. The molecule has 1 saturated heterocycles. The highest BCUT2D eigenvalue weighted by molar-refractivity contribution is 9.10. The van der Waals surface area contributed by atoms with Crippen LogP contribution in [0.25, 0.3) is 0 Å². The molecule has 0 bridgehead atoms. The Kier molecular flexibility index (Phi) is 5.45. The first-order chi connectivity index (χ1) is 10.0. The Hall–Kier alpha value is -1.30. The molecule has 1 aliphatic rings. The minimum Gasteiger partial charge on any atom is -0.450 e. The highest BCUT2D eigenvalue weighted by Crippen LogP contribution is 2.26. The maximum Gasteiger partial charge on any atom is 0.409 e. The number of likely N-dealkylation sites (tertiary alicyclic amines) is 1. The summed E-state index contributed by atoms with van der Waals surface area (Å²) in [5.41, 5.74) is 1.81. The minimum atomic E-state index is -0.271. The number of piperidine rings is 1. The van der Waals surface area contributed by atoms with Gasteiger partial charge in [0.25, 0.3) is 0 Å². The SMILES string of the molecule is CCOC(=O)N1CCC(Nc2cc(F)c(Br)cc2C)CC1. The van der Waals surface area contributed by atoms with Gasteiger partial charge in [-0.25, -0.2) is 9.18 Å². The molecule has 4 nitrogen and oxygen atoms in total. The molecule has 1 aliphatic heterocycles. The van der Waals surface area contributed by atoms with Crippen molar-refractivity contribution in [2.24, 2.45) is 0 Å². The number of anilines is 1. The van der Waals surface area contributed by atoms with E-state index in [4.69, 9.17) is 4.74 Å². The normalized spacial score (nSPS) is 15.9. The molecule has 0 unspecified atom stereocenters. The molecule has 6 heteroatoms. The summed E-state index contributed by atoms with van der Waals surface area (Å²) in [7, 11) is 0. The van der Waals surface area contributed by atoms with Crippen LogP contribution in [0.2, 0.25) is 0 Å². The molecule has 0 atom stereocenters. The number of hydrogen-bond donors (Lipinski definition) is 1. The lowest BCUT2D eigenvalue weighted by molar-refractivity contribution is 0.0983. The third kappa shape index (κ3) is 4.09. The van der Waals surface area contributed by atoms with Gasteiger partial charge in [0.05, 0.1) is 11.1 Å². The van der Waals surface area contributed by atoms with Gasteiger partial charge < -0.3 is 15.0 Å². The van der Waals surface area contributed by atoms with Crippen LogP contribution in [0.3, 0.4) is 0 Å². The van der Waals surface area contributed by atoms with Gasteiger partial charge in [0, 0.05) is 24.8 Å². The summed E-state index contributed by atoms with van der Waals surface area (Å²) >= 11 is 3.18. The van der Waals surface area contributed by atoms with Crippen molar-refractivity contribution < 1.29 is 13.9 Å². The van der Waals surface area contributed by atoms with Crippen LogP contribution >= 0.6 is 15.9 Å². The zero-order valence-electron chi connectivity index (χ0n) is 12.3. The number of ether oxygens (including phenoxy) is 1. The first kappa shape index (κ1) is 16.1. The summed E-state index contributed by atoms with van der Waals surface area (Å²) < 4.78 is 19.1. The van der Waals surface area contributed by atoms with Crippen molar-refractivity contribution in [3.8, 4) is 0 Å². The molecule has 21 heavy (non-hydrogen) atoms. The van der Waals surface area contributed by atoms with Crippen molar-refractivity contribution >= 4 is 27.7 Å². The first-order valence-corrected chi connectivity index (χ1v) is 7.94. The molecule has 0 aliphatic carbocycles. The monoisotopic (exact) mass is 358 g/mol. The van der Waals surface area contributed by atoms with Crippen LogP contribution in [0, 0.1) is 12.7 Å². The van der Waals surface area contributed by atoms with E-state index in [0.717, 1.165) is 24.1 Å². The summed E-state index contributed by atoms with van der Waals surface area (Å²) in [6.45, 7) is 5.47. The molecular formula is C15H20BrFN2O2. The molecule has 0 aromatic heterocycles. The van der Waals surface area contributed by atoms with E-state index >= 15 is 0 Å². The highest BCUT2D eigenvalue weighted by Gasteiger charge is 2.23. The molecule has 0 spiro atoms. The molecule has 2 rings (SSSR count). The van der Waals surface area contributed by atoms with Crippen LogP contribution in [0.5, 0.6) is 0 Å². The maximum absolute atomic E-state index is 13.6. The van der Waals surface area contributed by atoms with Crippen LogP contribution in [-0.4, -0.2) is 36.7 Å². The molecule has 0 radical (unpaired) electrons. The third-order valence-corrected chi connectivity index (χ3v) is 4.26. The number of amides is 1. The Bertz CT molecular complexity index is 517. The molecule has 1 heterocycles. The average Bonchev–Trinajstić information content (AvgIpc) is 2.46. The van der Waals surface area contributed by atoms with Crippen LogP contribution < -0.4 is 5.32 Å². The third-order valence-electron chi connectivity index (χ3n) is 3.65. The number of halogens is 2. The van der Waals surface area contributed by atoms with Crippen molar-refractivity contribution in [3.05, 3.63) is 28.0 Å². The van der Waals surface area contributed by atoms with E-state index in [1.54, 1.807) is 17.9 Å². The van der Waals surface area contributed by atoms with Crippen molar-refractivity contribution in [2.75, 3.05) is 25.0 Å². The fourth-order valence-electron chi connectivity index (χ4n) is 2.44. The topological polar surface area (TPSA) is 41.6 Å². The molecule has 116 valence electrons. The molecule has 1 amide bonds. The molecule has 1 fully saturated rings. The Morgan fingerprint density at radius 3 is 2.76 bits per heavy atom. The van der Waals surface area contributed by atoms with Gasteiger partial charge in [-0.1, -0.05) is 0 Å². The molecule has 1 aromatic rings. The predicted molar refractivity (Wildman–Crippen MR) is 84.1 cm³/mol. The van der Waals surface area contributed by atoms with E-state index in [2.05, 4.69) is 21.2 Å². The lowest BCUT2D eigenvalue weighted by Crippen LogP contribution is -2.42. The van der Waals surface area contributed by atoms with Gasteiger partial charge >= 0.3 is 6.09 Å². The van der Waals surface area contributed by atoms with Crippen LogP contribution in [0.1, 0.15) is 25.3 Å². The van der Waals surface area contributed by atoms with Crippen LogP contribution in [0.15, 0.2) is 16.6 Å². The summed E-state index contributed by atoms with van der Waals surface area (Å²) in [6, 6.07) is 3.53. The zero-order chi connectivity index (χ0) is 15.4. The standard InChI is InChI=1S/C15H20BrFN2O2/c1-3-21-15(20)19-6-4-11(5-7-19)18-14-9-13(17)12(16)8-10(14)2/h8-9,11,18H,3-7H2,1-2H3. The van der Waals surface area contributed by atoms with E-state index in [9.17, 15) is 9.18 Å². The second-order valence-corrected chi connectivity index (χ2v) is 6.04. The summed E-state index contributed by atoms with van der Waals surface area (Å²) in [6.07, 6.45) is 1.41. The van der Waals surface area contributed by atoms with E-state index in [1.165, 1.54) is 6.07 Å².